The maximum Gasteiger partial charge on any atom is 0.0727 e. The lowest BCUT2D eigenvalue weighted by Crippen LogP contribution is -2.42. The molecule has 0 amide bonds. The lowest BCUT2D eigenvalue weighted by molar-refractivity contribution is -0.00604. The molecule has 3 unspecified atom stereocenters. The van der Waals surface area contributed by atoms with E-state index in [0.29, 0.717) is 18.8 Å². The topological polar surface area (TPSA) is 41.5 Å². The van der Waals surface area contributed by atoms with Crippen molar-refractivity contribution in [2.45, 2.75) is 57.3 Å². The van der Waals surface area contributed by atoms with E-state index in [1.54, 1.807) is 6.92 Å². The van der Waals surface area contributed by atoms with Crippen LogP contribution in [-0.2, 0) is 4.74 Å². The fraction of sp³-hybridized carbons (Fsp3) is 1.00. The zero-order valence-corrected chi connectivity index (χ0v) is 9.33. The highest BCUT2D eigenvalue weighted by atomic mass is 16.5. The standard InChI is InChI=1S/C11H23NO2/c1-9(13)7-8-14-11-6-4-3-5-10(11)12-2/h9-13H,3-8H2,1-2H3. The van der Waals surface area contributed by atoms with Gasteiger partial charge in [0.15, 0.2) is 0 Å². The van der Waals surface area contributed by atoms with Crippen molar-refractivity contribution in [1.82, 2.24) is 5.32 Å². The van der Waals surface area contributed by atoms with Crippen LogP contribution >= 0.6 is 0 Å². The number of rotatable bonds is 5. The van der Waals surface area contributed by atoms with Crippen LogP contribution in [0.4, 0.5) is 0 Å². The van der Waals surface area contributed by atoms with E-state index in [2.05, 4.69) is 5.32 Å². The molecule has 1 rings (SSSR count). The molecule has 3 nitrogen and oxygen atoms in total. The van der Waals surface area contributed by atoms with E-state index in [4.69, 9.17) is 9.84 Å². The first kappa shape index (κ1) is 12.0. The first-order valence-electron chi connectivity index (χ1n) is 5.71. The fourth-order valence-electron chi connectivity index (χ4n) is 2.02. The summed E-state index contributed by atoms with van der Waals surface area (Å²) in [7, 11) is 2.00. The Morgan fingerprint density at radius 1 is 1.43 bits per heavy atom. The lowest BCUT2D eigenvalue weighted by Gasteiger charge is -2.31. The van der Waals surface area contributed by atoms with Crippen LogP contribution in [0, 0.1) is 0 Å². The van der Waals surface area contributed by atoms with Gasteiger partial charge in [0.05, 0.1) is 12.2 Å². The molecule has 3 heteroatoms. The average molecular weight is 201 g/mol. The summed E-state index contributed by atoms with van der Waals surface area (Å²) in [6.45, 7) is 2.49. The van der Waals surface area contributed by atoms with Gasteiger partial charge in [0.25, 0.3) is 0 Å². The fourth-order valence-corrected chi connectivity index (χ4v) is 2.02. The third-order valence-electron chi connectivity index (χ3n) is 2.94. The molecule has 14 heavy (non-hydrogen) atoms. The molecule has 0 bridgehead atoms. The van der Waals surface area contributed by atoms with Gasteiger partial charge in [-0.3, -0.25) is 0 Å². The van der Waals surface area contributed by atoms with Gasteiger partial charge in [-0.15, -0.1) is 0 Å². The molecule has 0 aromatic rings. The molecule has 0 aromatic heterocycles. The molecule has 1 aliphatic rings. The second-order valence-electron chi connectivity index (χ2n) is 4.23. The molecule has 3 atom stereocenters. The number of aliphatic hydroxyl groups excluding tert-OH is 1. The summed E-state index contributed by atoms with van der Waals surface area (Å²) in [5.41, 5.74) is 0. The highest BCUT2D eigenvalue weighted by Crippen LogP contribution is 2.21. The molecule has 0 heterocycles. The summed E-state index contributed by atoms with van der Waals surface area (Å²) >= 11 is 0. The summed E-state index contributed by atoms with van der Waals surface area (Å²) in [6, 6.07) is 0.512. The summed E-state index contributed by atoms with van der Waals surface area (Å²) < 4.78 is 5.77. The van der Waals surface area contributed by atoms with Gasteiger partial charge in [-0.05, 0) is 33.2 Å². The second kappa shape index (κ2) is 6.38. The van der Waals surface area contributed by atoms with Crippen LogP contribution in [0.25, 0.3) is 0 Å². The molecular formula is C11H23NO2. The van der Waals surface area contributed by atoms with Crippen LogP contribution in [0.15, 0.2) is 0 Å². The number of aliphatic hydroxyl groups is 1. The van der Waals surface area contributed by atoms with E-state index in [-0.39, 0.29) is 6.10 Å². The summed E-state index contributed by atoms with van der Waals surface area (Å²) in [6.07, 6.45) is 5.81. The second-order valence-corrected chi connectivity index (χ2v) is 4.23. The third-order valence-corrected chi connectivity index (χ3v) is 2.94. The van der Waals surface area contributed by atoms with Gasteiger partial charge in [-0.25, -0.2) is 0 Å². The Balaban J connectivity index is 2.19. The zero-order valence-electron chi connectivity index (χ0n) is 9.33. The van der Waals surface area contributed by atoms with E-state index in [1.807, 2.05) is 7.05 Å². The van der Waals surface area contributed by atoms with Crippen LogP contribution in [-0.4, -0.2) is 37.0 Å². The van der Waals surface area contributed by atoms with E-state index < -0.39 is 0 Å². The Morgan fingerprint density at radius 2 is 2.14 bits per heavy atom. The van der Waals surface area contributed by atoms with Gasteiger partial charge in [-0.2, -0.15) is 0 Å². The van der Waals surface area contributed by atoms with Crippen LogP contribution in [0.5, 0.6) is 0 Å². The van der Waals surface area contributed by atoms with Crippen molar-refractivity contribution in [2.24, 2.45) is 0 Å². The minimum absolute atomic E-state index is 0.244. The van der Waals surface area contributed by atoms with E-state index in [0.717, 1.165) is 12.8 Å². The van der Waals surface area contributed by atoms with Gasteiger partial charge in [0, 0.05) is 12.6 Å². The maximum atomic E-state index is 9.11. The van der Waals surface area contributed by atoms with Crippen molar-refractivity contribution in [2.75, 3.05) is 13.7 Å². The van der Waals surface area contributed by atoms with Gasteiger partial charge < -0.3 is 15.2 Å². The van der Waals surface area contributed by atoms with Crippen molar-refractivity contribution in [3.63, 3.8) is 0 Å². The Bertz CT molecular complexity index is 150. The highest BCUT2D eigenvalue weighted by molar-refractivity contribution is 4.80. The number of hydrogen-bond acceptors (Lipinski definition) is 3. The third kappa shape index (κ3) is 3.95. The normalized spacial score (nSPS) is 30.2. The van der Waals surface area contributed by atoms with Gasteiger partial charge in [0.2, 0.25) is 0 Å². The predicted octanol–water partition coefficient (Wildman–Crippen LogP) is 1.30. The lowest BCUT2D eigenvalue weighted by atomic mass is 9.92. The Morgan fingerprint density at radius 3 is 2.79 bits per heavy atom. The molecule has 0 aliphatic heterocycles. The monoisotopic (exact) mass is 201 g/mol. The SMILES string of the molecule is CNC1CCCCC1OCCC(C)O. The Hall–Kier alpha value is -0.120. The molecule has 0 spiro atoms. The van der Waals surface area contributed by atoms with Crippen molar-refractivity contribution in [3.05, 3.63) is 0 Å². The van der Waals surface area contributed by atoms with E-state index in [9.17, 15) is 0 Å². The molecule has 2 N–H and O–H groups in total. The molecule has 84 valence electrons. The first-order chi connectivity index (χ1) is 6.74. The minimum atomic E-state index is -0.244. The number of likely N-dealkylation sites (N-methyl/N-ethyl adjacent to an activating group) is 1. The molecule has 0 aromatic carbocycles. The van der Waals surface area contributed by atoms with Crippen LogP contribution in [0.3, 0.4) is 0 Å². The molecule has 0 saturated heterocycles. The molecule has 0 radical (unpaired) electrons. The zero-order chi connectivity index (χ0) is 10.4. The van der Waals surface area contributed by atoms with Crippen molar-refractivity contribution in [3.8, 4) is 0 Å². The molecule has 1 saturated carbocycles. The van der Waals surface area contributed by atoms with Gasteiger partial charge in [0.1, 0.15) is 0 Å². The van der Waals surface area contributed by atoms with Crippen LogP contribution < -0.4 is 5.32 Å². The van der Waals surface area contributed by atoms with Crippen molar-refractivity contribution < 1.29 is 9.84 Å². The van der Waals surface area contributed by atoms with Gasteiger partial charge in [-0.1, -0.05) is 12.8 Å². The van der Waals surface area contributed by atoms with E-state index in [1.165, 1.54) is 19.3 Å². The van der Waals surface area contributed by atoms with Crippen molar-refractivity contribution >= 4 is 0 Å². The largest absolute Gasteiger partial charge is 0.393 e. The summed E-state index contributed by atoms with van der Waals surface area (Å²) in [4.78, 5) is 0. The maximum absolute atomic E-state index is 9.11. The van der Waals surface area contributed by atoms with Crippen molar-refractivity contribution in [1.29, 1.82) is 0 Å². The Labute approximate surface area is 86.8 Å². The summed E-state index contributed by atoms with van der Waals surface area (Å²) in [5.74, 6) is 0. The smallest absolute Gasteiger partial charge is 0.0727 e. The number of ether oxygens (including phenoxy) is 1. The average Bonchev–Trinajstić information content (AvgIpc) is 2.18. The van der Waals surface area contributed by atoms with Crippen LogP contribution in [0.1, 0.15) is 39.0 Å². The molecule has 1 aliphatic carbocycles. The van der Waals surface area contributed by atoms with Crippen LogP contribution in [0.2, 0.25) is 0 Å². The quantitative estimate of drug-likeness (QED) is 0.704. The van der Waals surface area contributed by atoms with E-state index >= 15 is 0 Å². The summed E-state index contributed by atoms with van der Waals surface area (Å²) in [5, 5.41) is 12.4. The van der Waals surface area contributed by atoms with Gasteiger partial charge >= 0.3 is 0 Å². The number of hydrogen-bond donors (Lipinski definition) is 2. The number of nitrogens with one attached hydrogen (secondary N) is 1. The minimum Gasteiger partial charge on any atom is -0.393 e. The Kier molecular flexibility index (Phi) is 5.45. The highest BCUT2D eigenvalue weighted by Gasteiger charge is 2.23. The molecular weight excluding hydrogens is 178 g/mol. The molecule has 1 fully saturated rings. The predicted molar refractivity (Wildman–Crippen MR) is 57.4 cm³/mol. The first-order valence-corrected chi connectivity index (χ1v) is 5.71.